The molecule has 12 nitrogen and oxygen atoms in total. The molecule has 0 bridgehead atoms. The van der Waals surface area contributed by atoms with Gasteiger partial charge in [-0.15, -0.1) is 0 Å². The Bertz CT molecular complexity index is 756. The van der Waals surface area contributed by atoms with Crippen LogP contribution in [-0.4, -0.2) is 154 Å². The van der Waals surface area contributed by atoms with Crippen LogP contribution in [0.25, 0.3) is 0 Å². The van der Waals surface area contributed by atoms with E-state index in [0.29, 0.717) is 38.1 Å². The number of amidine groups is 2. The molecule has 0 radical (unpaired) electrons. The van der Waals surface area contributed by atoms with Gasteiger partial charge >= 0.3 is 0 Å². The van der Waals surface area contributed by atoms with E-state index in [4.69, 9.17) is 20.0 Å². The van der Waals surface area contributed by atoms with Crippen LogP contribution in [0.1, 0.15) is 38.5 Å². The molecule has 0 aromatic heterocycles. The molecule has 0 aromatic rings. The van der Waals surface area contributed by atoms with Crippen molar-refractivity contribution in [2.24, 2.45) is 20.0 Å². The summed E-state index contributed by atoms with van der Waals surface area (Å²) in [5.41, 5.74) is 0. The van der Waals surface area contributed by atoms with E-state index < -0.39 is 0 Å². The molecule has 4 aliphatic rings. The highest BCUT2D eigenvalue weighted by atomic mass is 16.3. The minimum absolute atomic E-state index is 0.0612. The van der Waals surface area contributed by atoms with Gasteiger partial charge in [-0.05, 0) is 38.5 Å². The Labute approximate surface area is 213 Å². The van der Waals surface area contributed by atoms with Crippen molar-refractivity contribution in [3.05, 3.63) is 0 Å². The van der Waals surface area contributed by atoms with Gasteiger partial charge in [-0.3, -0.25) is 0 Å². The molecule has 0 aromatic carbocycles. The van der Waals surface area contributed by atoms with E-state index in [1.165, 1.54) is 12.8 Å². The SMILES string of the molecule is OCCN(CCO)C1=N[C@@H]2C(N3CCCCC3)=NC(N(CCO)CCO)=N[C@H]2C(N2CCCCC2)=N1. The largest absolute Gasteiger partial charge is 0.395 e. The number of hydrogen-bond donors (Lipinski definition) is 4. The molecule has 0 amide bonds. The van der Waals surface area contributed by atoms with Gasteiger partial charge in [0, 0.05) is 52.4 Å². The van der Waals surface area contributed by atoms with E-state index in [2.05, 4.69) is 9.80 Å². The summed E-state index contributed by atoms with van der Waals surface area (Å²) in [5, 5.41) is 38.6. The Morgan fingerprint density at radius 1 is 0.556 bits per heavy atom. The highest BCUT2D eigenvalue weighted by Gasteiger charge is 2.43. The lowest BCUT2D eigenvalue weighted by Gasteiger charge is -2.42. The maximum Gasteiger partial charge on any atom is 0.223 e. The van der Waals surface area contributed by atoms with Crippen molar-refractivity contribution in [2.75, 3.05) is 78.8 Å². The normalized spacial score (nSPS) is 24.4. The van der Waals surface area contributed by atoms with Crippen molar-refractivity contribution in [1.82, 2.24) is 19.6 Å². The van der Waals surface area contributed by atoms with Crippen LogP contribution in [0.15, 0.2) is 20.0 Å². The Kier molecular flexibility index (Phi) is 9.90. The lowest BCUT2D eigenvalue weighted by atomic mass is 9.99. The van der Waals surface area contributed by atoms with Crippen molar-refractivity contribution in [1.29, 1.82) is 0 Å². The highest BCUT2D eigenvalue weighted by molar-refractivity contribution is 6.11. The van der Waals surface area contributed by atoms with Gasteiger partial charge in [0.1, 0.15) is 23.8 Å². The molecule has 0 unspecified atom stereocenters. The number of piperidine rings is 2. The Morgan fingerprint density at radius 2 is 0.889 bits per heavy atom. The zero-order chi connectivity index (χ0) is 25.3. The third-order valence-corrected chi connectivity index (χ3v) is 7.17. The first-order valence-electron chi connectivity index (χ1n) is 13.5. The number of guanidine groups is 2. The van der Waals surface area contributed by atoms with Crippen molar-refractivity contribution in [2.45, 2.75) is 50.6 Å². The molecule has 4 rings (SSSR count). The second kappa shape index (κ2) is 13.3. The molecule has 4 aliphatic heterocycles. The maximum atomic E-state index is 9.66. The van der Waals surface area contributed by atoms with Crippen LogP contribution in [-0.2, 0) is 0 Å². The van der Waals surface area contributed by atoms with Gasteiger partial charge < -0.3 is 40.0 Å². The van der Waals surface area contributed by atoms with E-state index in [-0.39, 0.29) is 38.5 Å². The average molecular weight is 507 g/mol. The van der Waals surface area contributed by atoms with Crippen LogP contribution < -0.4 is 0 Å². The van der Waals surface area contributed by atoms with E-state index in [1.807, 2.05) is 9.80 Å². The lowest BCUT2D eigenvalue weighted by molar-refractivity contribution is 0.208. The molecule has 2 fully saturated rings. The van der Waals surface area contributed by atoms with Crippen LogP contribution in [0.5, 0.6) is 0 Å². The van der Waals surface area contributed by atoms with Crippen LogP contribution in [0.2, 0.25) is 0 Å². The lowest BCUT2D eigenvalue weighted by Crippen LogP contribution is -2.58. The first-order valence-corrected chi connectivity index (χ1v) is 13.5. The van der Waals surface area contributed by atoms with Gasteiger partial charge in [0.05, 0.1) is 26.4 Å². The molecule has 202 valence electrons. The molecule has 2 atom stereocenters. The molecular formula is C24H42N8O4. The average Bonchev–Trinajstić information content (AvgIpc) is 2.92. The second-order valence-electron chi connectivity index (χ2n) is 9.65. The first-order chi connectivity index (χ1) is 17.7. The highest BCUT2D eigenvalue weighted by Crippen LogP contribution is 2.27. The summed E-state index contributed by atoms with van der Waals surface area (Å²) in [6.45, 7) is 4.67. The van der Waals surface area contributed by atoms with E-state index in [0.717, 1.165) is 63.5 Å². The molecule has 2 saturated heterocycles. The number of aliphatic hydroxyl groups excluding tert-OH is 4. The fraction of sp³-hybridized carbons (Fsp3) is 0.833. The predicted octanol–water partition coefficient (Wildman–Crippen LogP) is -1.20. The number of hydrogen-bond acceptors (Lipinski definition) is 12. The summed E-state index contributed by atoms with van der Waals surface area (Å²) in [4.78, 5) is 28.3. The Balaban J connectivity index is 1.78. The van der Waals surface area contributed by atoms with Crippen molar-refractivity contribution in [3.63, 3.8) is 0 Å². The van der Waals surface area contributed by atoms with E-state index in [1.54, 1.807) is 0 Å². The summed E-state index contributed by atoms with van der Waals surface area (Å²) in [7, 11) is 0. The molecule has 0 aliphatic carbocycles. The topological polar surface area (TPSA) is 143 Å². The van der Waals surface area contributed by atoms with E-state index in [9.17, 15) is 20.4 Å². The minimum Gasteiger partial charge on any atom is -0.395 e. The van der Waals surface area contributed by atoms with Gasteiger partial charge in [0.15, 0.2) is 0 Å². The smallest absolute Gasteiger partial charge is 0.223 e. The molecule has 0 saturated carbocycles. The van der Waals surface area contributed by atoms with Gasteiger partial charge in [-0.25, -0.2) is 9.98 Å². The predicted molar refractivity (Wildman–Crippen MR) is 140 cm³/mol. The monoisotopic (exact) mass is 506 g/mol. The van der Waals surface area contributed by atoms with Gasteiger partial charge in [0.25, 0.3) is 0 Å². The fourth-order valence-corrected chi connectivity index (χ4v) is 5.36. The summed E-state index contributed by atoms with van der Waals surface area (Å²) >= 11 is 0. The van der Waals surface area contributed by atoms with Crippen molar-refractivity contribution >= 4 is 23.6 Å². The zero-order valence-electron chi connectivity index (χ0n) is 21.2. The summed E-state index contributed by atoms with van der Waals surface area (Å²) in [5.74, 6) is 2.71. The van der Waals surface area contributed by atoms with Gasteiger partial charge in [0.2, 0.25) is 11.9 Å². The van der Waals surface area contributed by atoms with Crippen LogP contribution in [0.3, 0.4) is 0 Å². The molecule has 4 N–H and O–H groups in total. The summed E-state index contributed by atoms with van der Waals surface area (Å²) in [6.07, 6.45) is 6.73. The molecular weight excluding hydrogens is 464 g/mol. The fourth-order valence-electron chi connectivity index (χ4n) is 5.36. The minimum atomic E-state index is -0.360. The number of aliphatic imine (C=N–C) groups is 4. The molecule has 0 spiro atoms. The van der Waals surface area contributed by atoms with Crippen molar-refractivity contribution < 1.29 is 20.4 Å². The number of nitrogens with zero attached hydrogens (tertiary/aromatic N) is 8. The quantitative estimate of drug-likeness (QED) is 0.322. The third kappa shape index (κ3) is 6.16. The zero-order valence-corrected chi connectivity index (χ0v) is 21.2. The van der Waals surface area contributed by atoms with Crippen LogP contribution in [0, 0.1) is 0 Å². The Morgan fingerprint density at radius 3 is 1.19 bits per heavy atom. The number of aliphatic hydroxyl groups is 4. The van der Waals surface area contributed by atoms with Gasteiger partial charge in [-0.1, -0.05) is 0 Å². The third-order valence-electron chi connectivity index (χ3n) is 7.17. The standard InChI is InChI=1S/C24H42N8O4/c33-15-11-31(12-16-34)23-26-20-19(21(27-23)29-7-3-1-4-8-29)25-24(32(13-17-35)14-18-36)28-22(20)30-9-5-2-6-10-30/h19-20,33-36H,1-18H2/t19-,20+. The van der Waals surface area contributed by atoms with Crippen LogP contribution >= 0.6 is 0 Å². The number of likely N-dealkylation sites (tertiary alicyclic amines) is 2. The summed E-state index contributed by atoms with van der Waals surface area (Å²) in [6, 6.07) is -0.720. The summed E-state index contributed by atoms with van der Waals surface area (Å²) < 4.78 is 0. The molecule has 4 heterocycles. The Hall–Kier alpha value is -2.28. The maximum absolute atomic E-state index is 9.66. The number of rotatable bonds is 8. The number of fused-ring (bicyclic) bond motifs is 1. The second-order valence-corrected chi connectivity index (χ2v) is 9.65. The van der Waals surface area contributed by atoms with E-state index >= 15 is 0 Å². The molecule has 12 heteroatoms. The first kappa shape index (κ1) is 26.8. The molecule has 36 heavy (non-hydrogen) atoms. The van der Waals surface area contributed by atoms with Crippen LogP contribution in [0.4, 0.5) is 0 Å². The van der Waals surface area contributed by atoms with Crippen molar-refractivity contribution in [3.8, 4) is 0 Å². The van der Waals surface area contributed by atoms with Gasteiger partial charge in [-0.2, -0.15) is 9.98 Å².